The van der Waals surface area contributed by atoms with Crippen LogP contribution >= 0.6 is 0 Å². The maximum atomic E-state index is 9.28. The fourth-order valence-corrected chi connectivity index (χ4v) is 1.27. The SMILES string of the molecule is CC[C@H]1O[C@@H](O)C(O)C(O)C1O. The minimum absolute atomic E-state index is 0.474. The van der Waals surface area contributed by atoms with Crippen LogP contribution in [0.1, 0.15) is 13.3 Å². The highest BCUT2D eigenvalue weighted by atomic mass is 16.6. The summed E-state index contributed by atoms with van der Waals surface area (Å²) in [4.78, 5) is 0. The second kappa shape index (κ2) is 3.68. The minimum Gasteiger partial charge on any atom is -0.388 e. The number of rotatable bonds is 1. The number of aliphatic hydroxyl groups excluding tert-OH is 4. The lowest BCUT2D eigenvalue weighted by Gasteiger charge is -2.37. The third kappa shape index (κ3) is 1.60. The number of hydrogen-bond donors (Lipinski definition) is 4. The van der Waals surface area contributed by atoms with Crippen LogP contribution in [0, 0.1) is 0 Å². The van der Waals surface area contributed by atoms with Crippen LogP contribution in [-0.2, 0) is 4.74 Å². The fourth-order valence-electron chi connectivity index (χ4n) is 1.27. The zero-order valence-corrected chi connectivity index (χ0v) is 6.79. The highest BCUT2D eigenvalue weighted by molar-refractivity contribution is 4.87. The van der Waals surface area contributed by atoms with E-state index >= 15 is 0 Å². The number of ether oxygens (including phenoxy) is 1. The maximum Gasteiger partial charge on any atom is 0.183 e. The normalized spacial score (nSPS) is 49.2. The zero-order valence-electron chi connectivity index (χ0n) is 6.79. The van der Waals surface area contributed by atoms with Crippen LogP contribution in [0.3, 0.4) is 0 Å². The van der Waals surface area contributed by atoms with Crippen molar-refractivity contribution in [1.29, 1.82) is 0 Å². The van der Waals surface area contributed by atoms with Gasteiger partial charge in [-0.15, -0.1) is 0 Å². The van der Waals surface area contributed by atoms with Crippen molar-refractivity contribution in [3.63, 3.8) is 0 Å². The van der Waals surface area contributed by atoms with Crippen LogP contribution in [0.2, 0.25) is 0 Å². The summed E-state index contributed by atoms with van der Waals surface area (Å²) in [6, 6.07) is 0. The fraction of sp³-hybridized carbons (Fsp3) is 1.00. The van der Waals surface area contributed by atoms with Crippen LogP contribution in [0.25, 0.3) is 0 Å². The van der Waals surface area contributed by atoms with Gasteiger partial charge in [-0.1, -0.05) is 6.92 Å². The van der Waals surface area contributed by atoms with Gasteiger partial charge in [0.15, 0.2) is 6.29 Å². The molecule has 4 N–H and O–H groups in total. The molecular formula is C7H14O5. The molecule has 0 radical (unpaired) electrons. The molecule has 0 aromatic heterocycles. The lowest BCUT2D eigenvalue weighted by Crippen LogP contribution is -2.57. The van der Waals surface area contributed by atoms with E-state index in [0.29, 0.717) is 6.42 Å². The number of hydrogen-bond acceptors (Lipinski definition) is 5. The van der Waals surface area contributed by atoms with Crippen molar-refractivity contribution in [2.45, 2.75) is 44.1 Å². The average Bonchev–Trinajstić information content (AvgIpc) is 2.08. The van der Waals surface area contributed by atoms with Crippen molar-refractivity contribution < 1.29 is 25.2 Å². The molecule has 5 nitrogen and oxygen atoms in total. The van der Waals surface area contributed by atoms with Gasteiger partial charge in [-0.25, -0.2) is 0 Å². The summed E-state index contributed by atoms with van der Waals surface area (Å²) in [6.45, 7) is 1.75. The molecule has 1 rings (SSSR count). The smallest absolute Gasteiger partial charge is 0.183 e. The van der Waals surface area contributed by atoms with Crippen LogP contribution in [-0.4, -0.2) is 51.1 Å². The lowest BCUT2D eigenvalue weighted by molar-refractivity contribution is -0.281. The highest BCUT2D eigenvalue weighted by Crippen LogP contribution is 2.21. The largest absolute Gasteiger partial charge is 0.388 e. The summed E-state index contributed by atoms with van der Waals surface area (Å²) in [5.74, 6) is 0. The molecule has 0 spiro atoms. The van der Waals surface area contributed by atoms with Gasteiger partial charge in [0.25, 0.3) is 0 Å². The van der Waals surface area contributed by atoms with E-state index in [1.54, 1.807) is 6.92 Å². The third-order valence-electron chi connectivity index (χ3n) is 2.09. The molecule has 1 heterocycles. The van der Waals surface area contributed by atoms with Crippen molar-refractivity contribution in [3.05, 3.63) is 0 Å². The zero-order chi connectivity index (χ0) is 9.30. The second-order valence-electron chi connectivity index (χ2n) is 2.95. The van der Waals surface area contributed by atoms with E-state index in [1.807, 2.05) is 0 Å². The molecule has 5 heteroatoms. The van der Waals surface area contributed by atoms with Gasteiger partial charge in [-0.2, -0.15) is 0 Å². The molecule has 0 aromatic carbocycles. The van der Waals surface area contributed by atoms with Gasteiger partial charge < -0.3 is 25.2 Å². The first-order valence-electron chi connectivity index (χ1n) is 3.95. The Morgan fingerprint density at radius 3 is 2.08 bits per heavy atom. The Bertz CT molecular complexity index is 146. The van der Waals surface area contributed by atoms with Crippen molar-refractivity contribution in [2.75, 3.05) is 0 Å². The monoisotopic (exact) mass is 178 g/mol. The molecule has 0 bridgehead atoms. The molecular weight excluding hydrogens is 164 g/mol. The maximum absolute atomic E-state index is 9.28. The van der Waals surface area contributed by atoms with Gasteiger partial charge in [0, 0.05) is 0 Å². The van der Waals surface area contributed by atoms with E-state index in [0.717, 1.165) is 0 Å². The minimum atomic E-state index is -1.43. The molecule has 72 valence electrons. The summed E-state index contributed by atoms with van der Waals surface area (Å²) < 4.78 is 4.83. The Hall–Kier alpha value is -0.200. The molecule has 5 atom stereocenters. The van der Waals surface area contributed by atoms with Crippen LogP contribution in [0.15, 0.2) is 0 Å². The van der Waals surface area contributed by atoms with Gasteiger partial charge >= 0.3 is 0 Å². The quantitative estimate of drug-likeness (QED) is 0.380. The Balaban J connectivity index is 2.63. The Morgan fingerprint density at radius 2 is 1.58 bits per heavy atom. The van der Waals surface area contributed by atoms with Gasteiger partial charge in [0.1, 0.15) is 18.3 Å². The summed E-state index contributed by atoms with van der Waals surface area (Å²) in [5, 5.41) is 36.5. The summed E-state index contributed by atoms with van der Waals surface area (Å²) >= 11 is 0. The molecule has 3 unspecified atom stereocenters. The van der Waals surface area contributed by atoms with Crippen molar-refractivity contribution in [1.82, 2.24) is 0 Å². The summed E-state index contributed by atoms with van der Waals surface area (Å²) in [5.41, 5.74) is 0. The van der Waals surface area contributed by atoms with Crippen LogP contribution < -0.4 is 0 Å². The summed E-state index contributed by atoms with van der Waals surface area (Å²) in [6.07, 6.45) is -5.44. The van der Waals surface area contributed by atoms with E-state index in [9.17, 15) is 10.2 Å². The topological polar surface area (TPSA) is 90.2 Å². The van der Waals surface area contributed by atoms with Gasteiger partial charge in [-0.3, -0.25) is 0 Å². The molecule has 0 aromatic rings. The van der Waals surface area contributed by atoms with E-state index in [2.05, 4.69) is 0 Å². The molecule has 1 saturated heterocycles. The van der Waals surface area contributed by atoms with Gasteiger partial charge in [0.2, 0.25) is 0 Å². The van der Waals surface area contributed by atoms with Crippen molar-refractivity contribution in [3.8, 4) is 0 Å². The first-order valence-corrected chi connectivity index (χ1v) is 3.95. The molecule has 0 amide bonds. The average molecular weight is 178 g/mol. The Morgan fingerprint density at radius 1 is 1.00 bits per heavy atom. The third-order valence-corrected chi connectivity index (χ3v) is 2.09. The summed E-state index contributed by atoms with van der Waals surface area (Å²) in [7, 11) is 0. The van der Waals surface area contributed by atoms with Gasteiger partial charge in [0.05, 0.1) is 6.10 Å². The predicted molar refractivity (Wildman–Crippen MR) is 39.2 cm³/mol. The van der Waals surface area contributed by atoms with E-state index < -0.39 is 30.7 Å². The second-order valence-corrected chi connectivity index (χ2v) is 2.95. The first-order chi connectivity index (χ1) is 5.57. The number of aliphatic hydroxyl groups is 4. The standard InChI is InChI=1S/C7H14O5/c1-2-3-4(8)5(9)6(10)7(11)12-3/h3-11H,2H2,1H3/t3-,4?,5?,6?,7-/m1/s1. The molecule has 0 aliphatic carbocycles. The highest BCUT2D eigenvalue weighted by Gasteiger charge is 2.41. The van der Waals surface area contributed by atoms with Crippen molar-refractivity contribution in [2.24, 2.45) is 0 Å². The van der Waals surface area contributed by atoms with Crippen molar-refractivity contribution >= 4 is 0 Å². The Kier molecular flexibility index (Phi) is 3.03. The van der Waals surface area contributed by atoms with E-state index in [4.69, 9.17) is 14.9 Å². The van der Waals surface area contributed by atoms with Crippen LogP contribution in [0.5, 0.6) is 0 Å². The van der Waals surface area contributed by atoms with Crippen LogP contribution in [0.4, 0.5) is 0 Å². The Labute approximate surface area is 70.2 Å². The first kappa shape index (κ1) is 9.88. The molecule has 1 aliphatic heterocycles. The lowest BCUT2D eigenvalue weighted by atomic mass is 9.97. The molecule has 1 aliphatic rings. The van der Waals surface area contributed by atoms with E-state index in [1.165, 1.54) is 0 Å². The predicted octanol–water partition coefficient (Wildman–Crippen LogP) is -1.80. The molecule has 1 fully saturated rings. The molecule has 12 heavy (non-hydrogen) atoms. The van der Waals surface area contributed by atoms with Gasteiger partial charge in [-0.05, 0) is 6.42 Å². The van der Waals surface area contributed by atoms with E-state index in [-0.39, 0.29) is 0 Å². The molecule has 0 saturated carbocycles.